The van der Waals surface area contributed by atoms with Crippen LogP contribution in [0.3, 0.4) is 0 Å². The Morgan fingerprint density at radius 3 is 2.53 bits per heavy atom. The number of piperidine rings is 2. The summed E-state index contributed by atoms with van der Waals surface area (Å²) in [7, 11) is 3.35. The first kappa shape index (κ1) is 21.0. The van der Waals surface area contributed by atoms with Crippen molar-refractivity contribution >= 4 is 34.4 Å². The third kappa shape index (κ3) is 3.45. The molecule has 3 aliphatic rings. The van der Waals surface area contributed by atoms with Crippen LogP contribution in [0.4, 0.5) is 5.69 Å². The average Bonchev–Trinajstić information content (AvgIpc) is 3.31. The molecule has 3 amide bonds. The number of fused-ring (bicyclic) bond motifs is 3. The molecule has 0 spiro atoms. The Balaban J connectivity index is 1.32. The average molecular weight is 441 g/mol. The maximum absolute atomic E-state index is 13.0. The second-order valence-corrected chi connectivity index (χ2v) is 8.65. The number of rotatable bonds is 5. The molecule has 2 aromatic rings. The standard InChI is InChI=1S/C23H27N3O6/c1-30-23(31-2)13-7-9-25(10-8-13)14-3-4-15-16-12-26(17-5-6-19(27)24-21(17)28)22(29)20(16)32-18(15)11-14/h3-4,11,13,17,23H,5-10,12H2,1-2H3,(H,24,27,28). The Hall–Kier alpha value is -2.91. The van der Waals surface area contributed by atoms with Crippen molar-refractivity contribution < 1.29 is 28.3 Å². The van der Waals surface area contributed by atoms with Crippen molar-refractivity contribution in [2.45, 2.75) is 44.6 Å². The molecule has 170 valence electrons. The van der Waals surface area contributed by atoms with Crippen LogP contribution in [0, 0.1) is 5.92 Å². The third-order valence-electron chi connectivity index (χ3n) is 6.90. The molecule has 5 rings (SSSR count). The lowest BCUT2D eigenvalue weighted by Gasteiger charge is -2.36. The minimum Gasteiger partial charge on any atom is -0.450 e. The van der Waals surface area contributed by atoms with Gasteiger partial charge < -0.3 is 23.7 Å². The number of nitrogens with zero attached hydrogens (tertiary/aromatic N) is 2. The van der Waals surface area contributed by atoms with Crippen LogP contribution >= 0.6 is 0 Å². The highest BCUT2D eigenvalue weighted by molar-refractivity contribution is 6.07. The molecule has 9 nitrogen and oxygen atoms in total. The molecule has 9 heteroatoms. The van der Waals surface area contributed by atoms with Gasteiger partial charge in [-0.15, -0.1) is 0 Å². The number of hydrogen-bond acceptors (Lipinski definition) is 7. The molecule has 0 radical (unpaired) electrons. The van der Waals surface area contributed by atoms with Crippen molar-refractivity contribution in [1.29, 1.82) is 0 Å². The Labute approximate surface area is 185 Å². The van der Waals surface area contributed by atoms with Gasteiger partial charge in [0.05, 0.1) is 6.54 Å². The van der Waals surface area contributed by atoms with Crippen LogP contribution in [0.15, 0.2) is 22.6 Å². The zero-order chi connectivity index (χ0) is 22.4. The second kappa shape index (κ2) is 8.22. The molecule has 32 heavy (non-hydrogen) atoms. The van der Waals surface area contributed by atoms with Gasteiger partial charge in [-0.25, -0.2) is 0 Å². The Morgan fingerprint density at radius 1 is 1.09 bits per heavy atom. The van der Waals surface area contributed by atoms with Crippen molar-refractivity contribution in [3.05, 3.63) is 29.5 Å². The topological polar surface area (TPSA) is 101 Å². The molecule has 4 heterocycles. The maximum Gasteiger partial charge on any atom is 0.290 e. The molecule has 2 fully saturated rings. The number of hydrogen-bond donors (Lipinski definition) is 1. The van der Waals surface area contributed by atoms with Crippen LogP contribution in [0.25, 0.3) is 11.0 Å². The van der Waals surface area contributed by atoms with E-state index in [1.807, 2.05) is 12.1 Å². The molecule has 1 N–H and O–H groups in total. The van der Waals surface area contributed by atoms with Crippen molar-refractivity contribution in [3.8, 4) is 0 Å². The largest absolute Gasteiger partial charge is 0.450 e. The van der Waals surface area contributed by atoms with Crippen molar-refractivity contribution in [2.24, 2.45) is 5.92 Å². The van der Waals surface area contributed by atoms with Crippen LogP contribution in [-0.2, 0) is 25.6 Å². The number of ether oxygens (including phenoxy) is 2. The number of imide groups is 1. The molecule has 1 unspecified atom stereocenters. The van der Waals surface area contributed by atoms with Gasteiger partial charge in [0.2, 0.25) is 11.8 Å². The van der Waals surface area contributed by atoms with E-state index < -0.39 is 11.9 Å². The zero-order valence-corrected chi connectivity index (χ0v) is 18.3. The number of nitrogens with one attached hydrogen (secondary N) is 1. The van der Waals surface area contributed by atoms with Crippen molar-refractivity contribution in [1.82, 2.24) is 10.2 Å². The van der Waals surface area contributed by atoms with Gasteiger partial charge in [0, 0.05) is 62.4 Å². The van der Waals surface area contributed by atoms with Gasteiger partial charge >= 0.3 is 0 Å². The van der Waals surface area contributed by atoms with Crippen molar-refractivity contribution in [3.63, 3.8) is 0 Å². The number of anilines is 1. The number of carbonyl (C=O) groups is 3. The van der Waals surface area contributed by atoms with E-state index >= 15 is 0 Å². The van der Waals surface area contributed by atoms with E-state index in [0.29, 0.717) is 30.2 Å². The van der Waals surface area contributed by atoms with E-state index in [2.05, 4.69) is 16.3 Å². The Kier molecular flexibility index (Phi) is 5.38. The number of furan rings is 1. The number of benzene rings is 1. The lowest BCUT2D eigenvalue weighted by atomic mass is 9.95. The molecule has 0 bridgehead atoms. The van der Waals surface area contributed by atoms with E-state index in [1.165, 1.54) is 4.90 Å². The predicted molar refractivity (Wildman–Crippen MR) is 115 cm³/mol. The summed E-state index contributed by atoms with van der Waals surface area (Å²) in [4.78, 5) is 40.4. The zero-order valence-electron chi connectivity index (χ0n) is 18.3. The van der Waals surface area contributed by atoms with E-state index in [4.69, 9.17) is 13.9 Å². The summed E-state index contributed by atoms with van der Waals surface area (Å²) in [5.41, 5.74) is 2.55. The fourth-order valence-electron chi connectivity index (χ4n) is 5.18. The highest BCUT2D eigenvalue weighted by atomic mass is 16.7. The van der Waals surface area contributed by atoms with Gasteiger partial charge in [-0.2, -0.15) is 0 Å². The van der Waals surface area contributed by atoms with Gasteiger partial charge in [-0.3, -0.25) is 19.7 Å². The van der Waals surface area contributed by atoms with Crippen LogP contribution in [0.2, 0.25) is 0 Å². The fraction of sp³-hybridized carbons (Fsp3) is 0.522. The summed E-state index contributed by atoms with van der Waals surface area (Å²) < 4.78 is 16.8. The summed E-state index contributed by atoms with van der Waals surface area (Å²) in [5, 5.41) is 3.21. The van der Waals surface area contributed by atoms with E-state index in [9.17, 15) is 14.4 Å². The van der Waals surface area contributed by atoms with Gasteiger partial charge in [0.15, 0.2) is 12.1 Å². The van der Waals surface area contributed by atoms with Crippen LogP contribution < -0.4 is 10.2 Å². The second-order valence-electron chi connectivity index (χ2n) is 8.65. The van der Waals surface area contributed by atoms with Crippen molar-refractivity contribution in [2.75, 3.05) is 32.2 Å². The van der Waals surface area contributed by atoms with Crippen LogP contribution in [0.1, 0.15) is 41.8 Å². The smallest absolute Gasteiger partial charge is 0.290 e. The monoisotopic (exact) mass is 441 g/mol. The fourth-order valence-corrected chi connectivity index (χ4v) is 5.18. The molecule has 1 aromatic heterocycles. The Morgan fingerprint density at radius 2 is 1.84 bits per heavy atom. The number of methoxy groups -OCH3 is 2. The first-order valence-electron chi connectivity index (χ1n) is 11.0. The van der Waals surface area contributed by atoms with Gasteiger partial charge in [0.25, 0.3) is 5.91 Å². The van der Waals surface area contributed by atoms with E-state index in [-0.39, 0.29) is 24.5 Å². The first-order chi connectivity index (χ1) is 15.5. The van der Waals surface area contributed by atoms with E-state index in [1.54, 1.807) is 14.2 Å². The summed E-state index contributed by atoms with van der Waals surface area (Å²) in [6, 6.07) is 5.40. The lowest BCUT2D eigenvalue weighted by molar-refractivity contribution is -0.141. The summed E-state index contributed by atoms with van der Waals surface area (Å²) >= 11 is 0. The molecule has 3 aliphatic heterocycles. The number of carbonyl (C=O) groups excluding carboxylic acids is 3. The molecule has 0 saturated carbocycles. The SMILES string of the molecule is COC(OC)C1CCN(c2ccc3c4c(oc3c2)C(=O)N(C2CCC(=O)NC2=O)C4)CC1. The summed E-state index contributed by atoms with van der Waals surface area (Å²) in [6.07, 6.45) is 2.34. The maximum atomic E-state index is 13.0. The van der Waals surface area contributed by atoms with Crippen LogP contribution in [0.5, 0.6) is 0 Å². The molecular formula is C23H27N3O6. The highest BCUT2D eigenvalue weighted by Gasteiger charge is 2.42. The van der Waals surface area contributed by atoms with Crippen LogP contribution in [-0.4, -0.2) is 62.3 Å². The minimum atomic E-state index is -0.638. The minimum absolute atomic E-state index is 0.175. The Bertz CT molecular complexity index is 1070. The van der Waals surface area contributed by atoms with E-state index in [0.717, 1.165) is 42.6 Å². The molecule has 1 aromatic carbocycles. The molecule has 2 saturated heterocycles. The highest BCUT2D eigenvalue weighted by Crippen LogP contribution is 2.37. The normalized spacial score (nSPS) is 22.2. The van der Waals surface area contributed by atoms with Gasteiger partial charge in [-0.1, -0.05) is 0 Å². The predicted octanol–water partition coefficient (Wildman–Crippen LogP) is 2.03. The lowest BCUT2D eigenvalue weighted by Crippen LogP contribution is -2.52. The molecule has 0 aliphatic carbocycles. The quantitative estimate of drug-likeness (QED) is 0.560. The van der Waals surface area contributed by atoms with Gasteiger partial charge in [-0.05, 0) is 31.4 Å². The molecular weight excluding hydrogens is 414 g/mol. The number of amides is 3. The summed E-state index contributed by atoms with van der Waals surface area (Å²) in [5.74, 6) is -0.342. The first-order valence-corrected chi connectivity index (χ1v) is 11.0. The summed E-state index contributed by atoms with van der Waals surface area (Å²) in [6.45, 7) is 2.09. The molecule has 1 atom stereocenters. The third-order valence-corrected chi connectivity index (χ3v) is 6.90. The van der Waals surface area contributed by atoms with Gasteiger partial charge in [0.1, 0.15) is 11.6 Å².